The van der Waals surface area contributed by atoms with E-state index in [4.69, 9.17) is 0 Å². The molecule has 2 aliphatic heterocycles. The number of rotatable bonds is 1. The van der Waals surface area contributed by atoms with Crippen LogP contribution in [0.1, 0.15) is 20.3 Å². The molecule has 60 valence electrons. The monoisotopic (exact) mass is 153 g/mol. The molecule has 11 heavy (non-hydrogen) atoms. The normalized spacial score (nSPS) is 38.7. The summed E-state index contributed by atoms with van der Waals surface area (Å²) in [6.45, 7) is 4.10. The van der Waals surface area contributed by atoms with Gasteiger partial charge in [0.05, 0.1) is 0 Å². The molecule has 3 heteroatoms. The molecule has 3 rings (SSSR count). The van der Waals surface area contributed by atoms with Crippen molar-refractivity contribution in [3.05, 3.63) is 0 Å². The van der Waals surface area contributed by atoms with Crippen LogP contribution in [-0.4, -0.2) is 23.3 Å². The number of hydrogen-bond donors (Lipinski definition) is 0. The maximum atomic E-state index is 11.3. The number of amides is 2. The van der Waals surface area contributed by atoms with Crippen LogP contribution in [0.15, 0.2) is 0 Å². The molecule has 0 aromatic heterocycles. The van der Waals surface area contributed by atoms with Crippen molar-refractivity contribution in [1.82, 2.24) is 4.90 Å². The molecule has 1 saturated carbocycles. The SMILES string of the molecule is CC1(C)C2CC1N(C=O)C2=O. The molecule has 3 aliphatic rings. The Hall–Kier alpha value is -0.860. The van der Waals surface area contributed by atoms with E-state index < -0.39 is 0 Å². The van der Waals surface area contributed by atoms with Crippen LogP contribution in [0.2, 0.25) is 0 Å². The molecule has 3 nitrogen and oxygen atoms in total. The minimum atomic E-state index is 0.0231. The van der Waals surface area contributed by atoms with Crippen molar-refractivity contribution in [3.63, 3.8) is 0 Å². The van der Waals surface area contributed by atoms with Crippen molar-refractivity contribution in [2.24, 2.45) is 11.3 Å². The Labute approximate surface area is 65.4 Å². The highest BCUT2D eigenvalue weighted by molar-refractivity contribution is 5.94. The molecule has 2 atom stereocenters. The van der Waals surface area contributed by atoms with Gasteiger partial charge in [0, 0.05) is 12.0 Å². The third-order valence-corrected chi connectivity index (χ3v) is 3.22. The van der Waals surface area contributed by atoms with Crippen LogP contribution in [0.4, 0.5) is 0 Å². The van der Waals surface area contributed by atoms with Gasteiger partial charge >= 0.3 is 0 Å². The maximum absolute atomic E-state index is 11.3. The smallest absolute Gasteiger partial charge is 0.233 e. The maximum Gasteiger partial charge on any atom is 0.233 e. The summed E-state index contributed by atoms with van der Waals surface area (Å²) in [5.74, 6) is 0.132. The van der Waals surface area contributed by atoms with Crippen molar-refractivity contribution in [2.75, 3.05) is 0 Å². The van der Waals surface area contributed by atoms with Gasteiger partial charge in [-0.15, -0.1) is 0 Å². The van der Waals surface area contributed by atoms with Gasteiger partial charge in [-0.25, -0.2) is 0 Å². The van der Waals surface area contributed by atoms with Crippen LogP contribution in [0, 0.1) is 11.3 Å². The fourth-order valence-electron chi connectivity index (χ4n) is 2.25. The third kappa shape index (κ3) is 0.549. The Morgan fingerprint density at radius 3 is 2.45 bits per heavy atom. The molecule has 0 spiro atoms. The Morgan fingerprint density at radius 1 is 1.64 bits per heavy atom. The quantitative estimate of drug-likeness (QED) is 0.511. The summed E-state index contributed by atoms with van der Waals surface area (Å²) in [5, 5.41) is 0. The molecule has 2 heterocycles. The first kappa shape index (κ1) is 6.83. The minimum absolute atomic E-state index is 0.0231. The second-order valence-electron chi connectivity index (χ2n) is 3.98. The molecule has 2 saturated heterocycles. The lowest BCUT2D eigenvalue weighted by molar-refractivity contribution is -0.135. The van der Waals surface area contributed by atoms with Crippen LogP contribution in [0.3, 0.4) is 0 Å². The zero-order chi connectivity index (χ0) is 8.22. The van der Waals surface area contributed by atoms with Gasteiger partial charge in [-0.2, -0.15) is 0 Å². The highest BCUT2D eigenvalue weighted by atomic mass is 16.2. The summed E-state index contributed by atoms with van der Waals surface area (Å²) in [7, 11) is 0. The summed E-state index contributed by atoms with van der Waals surface area (Å²) in [6.07, 6.45) is 1.55. The molecule has 2 unspecified atom stereocenters. The largest absolute Gasteiger partial charge is 0.281 e. The van der Waals surface area contributed by atoms with E-state index in [-0.39, 0.29) is 23.3 Å². The zero-order valence-electron chi connectivity index (χ0n) is 6.70. The predicted molar refractivity (Wildman–Crippen MR) is 38.6 cm³/mol. The van der Waals surface area contributed by atoms with Crippen molar-refractivity contribution in [2.45, 2.75) is 26.3 Å². The average molecular weight is 153 g/mol. The van der Waals surface area contributed by atoms with Gasteiger partial charge in [-0.05, 0) is 11.8 Å². The van der Waals surface area contributed by atoms with Gasteiger partial charge in [0.1, 0.15) is 0 Å². The molecular formula is C8H11NO2. The van der Waals surface area contributed by atoms with Crippen molar-refractivity contribution in [1.29, 1.82) is 0 Å². The van der Waals surface area contributed by atoms with E-state index >= 15 is 0 Å². The third-order valence-electron chi connectivity index (χ3n) is 3.22. The second kappa shape index (κ2) is 1.65. The van der Waals surface area contributed by atoms with Gasteiger partial charge in [0.2, 0.25) is 12.3 Å². The van der Waals surface area contributed by atoms with Crippen LogP contribution >= 0.6 is 0 Å². The van der Waals surface area contributed by atoms with E-state index in [2.05, 4.69) is 0 Å². The number of nitrogens with zero attached hydrogens (tertiary/aromatic N) is 1. The molecule has 1 aliphatic carbocycles. The fourth-order valence-corrected chi connectivity index (χ4v) is 2.25. The summed E-state index contributed by atoms with van der Waals surface area (Å²) in [4.78, 5) is 23.1. The van der Waals surface area contributed by atoms with E-state index in [9.17, 15) is 9.59 Å². The molecule has 0 aromatic rings. The molecule has 0 aromatic carbocycles. The highest BCUT2D eigenvalue weighted by Crippen LogP contribution is 2.55. The van der Waals surface area contributed by atoms with E-state index in [1.54, 1.807) is 0 Å². The summed E-state index contributed by atoms with van der Waals surface area (Å²) in [6, 6.07) is 0.178. The summed E-state index contributed by atoms with van der Waals surface area (Å²) < 4.78 is 0. The molecular weight excluding hydrogens is 142 g/mol. The predicted octanol–water partition coefficient (Wildman–Crippen LogP) is 0.400. The van der Waals surface area contributed by atoms with Crippen LogP contribution in [0.25, 0.3) is 0 Å². The van der Waals surface area contributed by atoms with Gasteiger partial charge < -0.3 is 0 Å². The standard InChI is InChI=1S/C8H11NO2/c1-8(2)5-3-6(8)9(4-10)7(5)11/h4-6H,3H2,1-2H3. The Bertz CT molecular complexity index is 234. The number of carbonyl (C=O) groups is 2. The van der Waals surface area contributed by atoms with Gasteiger partial charge in [0.25, 0.3) is 0 Å². The minimum Gasteiger partial charge on any atom is -0.281 e. The van der Waals surface area contributed by atoms with Gasteiger partial charge in [-0.3, -0.25) is 14.5 Å². The topological polar surface area (TPSA) is 37.4 Å². The van der Waals surface area contributed by atoms with Crippen molar-refractivity contribution < 1.29 is 9.59 Å². The molecule has 0 radical (unpaired) electrons. The molecule has 0 N–H and O–H groups in total. The molecule has 2 amide bonds. The van der Waals surface area contributed by atoms with Crippen LogP contribution < -0.4 is 0 Å². The van der Waals surface area contributed by atoms with Crippen LogP contribution in [-0.2, 0) is 9.59 Å². The number of hydrogen-bond acceptors (Lipinski definition) is 2. The Morgan fingerprint density at radius 2 is 2.27 bits per heavy atom. The first-order valence-electron chi connectivity index (χ1n) is 3.86. The average Bonchev–Trinajstić information content (AvgIpc) is 2.36. The number of carbonyl (C=O) groups excluding carboxylic acids is 2. The summed E-state index contributed by atoms with van der Waals surface area (Å²) >= 11 is 0. The fraction of sp³-hybridized carbons (Fsp3) is 0.750. The first-order chi connectivity index (χ1) is 5.09. The first-order valence-corrected chi connectivity index (χ1v) is 3.86. The second-order valence-corrected chi connectivity index (χ2v) is 3.98. The summed E-state index contributed by atoms with van der Waals surface area (Å²) in [5.41, 5.74) is 0.0397. The molecule has 3 fully saturated rings. The Kier molecular flexibility index (Phi) is 1.03. The van der Waals surface area contributed by atoms with Crippen LogP contribution in [0.5, 0.6) is 0 Å². The zero-order valence-corrected chi connectivity index (χ0v) is 6.70. The van der Waals surface area contributed by atoms with Gasteiger partial charge in [-0.1, -0.05) is 13.8 Å². The lowest BCUT2D eigenvalue weighted by Crippen LogP contribution is -2.45. The Balaban J connectivity index is 2.34. The lowest BCUT2D eigenvalue weighted by Gasteiger charge is -2.41. The number of imide groups is 1. The van der Waals surface area contributed by atoms with E-state index in [1.807, 2.05) is 13.8 Å². The lowest BCUT2D eigenvalue weighted by atomic mass is 9.62. The highest BCUT2D eigenvalue weighted by Gasteiger charge is 2.63. The van der Waals surface area contributed by atoms with E-state index in [0.717, 1.165) is 6.42 Å². The molecule has 2 bridgehead atoms. The van der Waals surface area contributed by atoms with E-state index in [0.29, 0.717) is 6.41 Å². The van der Waals surface area contributed by atoms with Gasteiger partial charge in [0.15, 0.2) is 0 Å². The van der Waals surface area contributed by atoms with E-state index in [1.165, 1.54) is 4.90 Å². The number of fused-ring (bicyclic) bond motifs is 1. The van der Waals surface area contributed by atoms with Crippen molar-refractivity contribution in [3.8, 4) is 0 Å². The van der Waals surface area contributed by atoms with Crippen molar-refractivity contribution >= 4 is 12.3 Å².